The Morgan fingerprint density at radius 1 is 0.966 bits per heavy atom. The number of aryl methyl sites for hydroxylation is 1. The van der Waals surface area contributed by atoms with Gasteiger partial charge < -0.3 is 9.80 Å². The van der Waals surface area contributed by atoms with Gasteiger partial charge in [0.15, 0.2) is 0 Å². The van der Waals surface area contributed by atoms with E-state index in [9.17, 15) is 14.0 Å². The number of piperazine rings is 1. The first-order chi connectivity index (χ1) is 14.0. The second kappa shape index (κ2) is 7.87. The van der Waals surface area contributed by atoms with Gasteiger partial charge in [0, 0.05) is 37.8 Å². The van der Waals surface area contributed by atoms with E-state index in [1.807, 2.05) is 35.2 Å². The number of carbonyl (C=O) groups is 1. The van der Waals surface area contributed by atoms with E-state index in [2.05, 4.69) is 5.10 Å². The molecule has 7 heteroatoms. The number of carbonyl (C=O) groups excluding carboxylic acids is 1. The zero-order valence-electron chi connectivity index (χ0n) is 16.1. The normalized spacial score (nSPS) is 14.1. The number of anilines is 1. The Labute approximate surface area is 167 Å². The van der Waals surface area contributed by atoms with Crippen LogP contribution in [0.3, 0.4) is 0 Å². The summed E-state index contributed by atoms with van der Waals surface area (Å²) in [4.78, 5) is 28.6. The summed E-state index contributed by atoms with van der Waals surface area (Å²) in [6.07, 6.45) is 0. The van der Waals surface area contributed by atoms with Crippen LogP contribution in [0, 0.1) is 12.7 Å². The molecule has 0 N–H and O–H groups in total. The lowest BCUT2D eigenvalue weighted by Crippen LogP contribution is -2.49. The van der Waals surface area contributed by atoms with Crippen molar-refractivity contribution in [1.29, 1.82) is 0 Å². The van der Waals surface area contributed by atoms with Crippen molar-refractivity contribution in [3.05, 3.63) is 88.0 Å². The Hall–Kier alpha value is -3.48. The Morgan fingerprint density at radius 3 is 2.38 bits per heavy atom. The van der Waals surface area contributed by atoms with Crippen LogP contribution in [0.5, 0.6) is 0 Å². The number of rotatable bonds is 3. The summed E-state index contributed by atoms with van der Waals surface area (Å²) in [5, 5.41) is 4.49. The molecule has 1 fully saturated rings. The van der Waals surface area contributed by atoms with Crippen molar-refractivity contribution in [1.82, 2.24) is 14.7 Å². The Balaban J connectivity index is 1.48. The van der Waals surface area contributed by atoms with Gasteiger partial charge >= 0.3 is 0 Å². The molecule has 0 spiro atoms. The zero-order valence-corrected chi connectivity index (χ0v) is 16.1. The molecule has 0 aliphatic carbocycles. The summed E-state index contributed by atoms with van der Waals surface area (Å²) in [6.45, 7) is 3.84. The first-order valence-electron chi connectivity index (χ1n) is 9.49. The van der Waals surface area contributed by atoms with Crippen LogP contribution in [0.25, 0.3) is 5.69 Å². The number of benzene rings is 2. The van der Waals surface area contributed by atoms with E-state index in [1.165, 1.54) is 16.8 Å². The smallest absolute Gasteiger partial charge is 0.271 e. The van der Waals surface area contributed by atoms with Gasteiger partial charge in [-0.2, -0.15) is 4.68 Å². The minimum absolute atomic E-state index is 0.175. The monoisotopic (exact) mass is 392 g/mol. The van der Waals surface area contributed by atoms with Gasteiger partial charge in [0.1, 0.15) is 11.6 Å². The van der Waals surface area contributed by atoms with Gasteiger partial charge in [-0.05, 0) is 42.8 Å². The molecular weight excluding hydrogens is 371 g/mol. The molecule has 0 unspecified atom stereocenters. The predicted molar refractivity (Wildman–Crippen MR) is 109 cm³/mol. The summed E-state index contributed by atoms with van der Waals surface area (Å²) in [5.74, 6) is 0.134. The third-order valence-corrected chi connectivity index (χ3v) is 5.10. The third-order valence-electron chi connectivity index (χ3n) is 5.10. The van der Waals surface area contributed by atoms with Gasteiger partial charge in [-0.25, -0.2) is 4.39 Å². The number of aromatic nitrogens is 2. The molecule has 2 heterocycles. The summed E-state index contributed by atoms with van der Waals surface area (Å²) >= 11 is 0. The summed E-state index contributed by atoms with van der Waals surface area (Å²) in [7, 11) is 0. The van der Waals surface area contributed by atoms with E-state index in [0.717, 1.165) is 0 Å². The lowest BCUT2D eigenvalue weighted by molar-refractivity contribution is 0.0746. The minimum atomic E-state index is -0.373. The van der Waals surface area contributed by atoms with Gasteiger partial charge in [-0.15, -0.1) is 5.10 Å². The molecule has 148 valence electrons. The average Bonchev–Trinajstić information content (AvgIpc) is 2.76. The van der Waals surface area contributed by atoms with Crippen molar-refractivity contribution in [2.75, 3.05) is 31.1 Å². The maximum atomic E-state index is 13.8. The molecule has 0 bridgehead atoms. The minimum Gasteiger partial charge on any atom is -0.352 e. The van der Waals surface area contributed by atoms with E-state index in [4.69, 9.17) is 0 Å². The summed E-state index contributed by atoms with van der Waals surface area (Å²) in [5.41, 5.74) is 1.38. The van der Waals surface area contributed by atoms with Crippen molar-refractivity contribution < 1.29 is 9.18 Å². The van der Waals surface area contributed by atoms with Gasteiger partial charge in [-0.1, -0.05) is 24.3 Å². The first-order valence-corrected chi connectivity index (χ1v) is 9.49. The molecule has 29 heavy (non-hydrogen) atoms. The zero-order chi connectivity index (χ0) is 20.4. The lowest BCUT2D eigenvalue weighted by atomic mass is 10.1. The fourth-order valence-electron chi connectivity index (χ4n) is 3.37. The quantitative estimate of drug-likeness (QED) is 0.688. The van der Waals surface area contributed by atoms with Crippen LogP contribution in [0.4, 0.5) is 10.2 Å². The average molecular weight is 392 g/mol. The molecule has 1 aliphatic rings. The highest BCUT2D eigenvalue weighted by molar-refractivity contribution is 5.94. The van der Waals surface area contributed by atoms with E-state index in [1.54, 1.807) is 30.0 Å². The molecule has 3 aromatic rings. The highest BCUT2D eigenvalue weighted by Crippen LogP contribution is 2.16. The van der Waals surface area contributed by atoms with E-state index < -0.39 is 0 Å². The number of hydrogen-bond acceptors (Lipinski definition) is 4. The summed E-state index contributed by atoms with van der Waals surface area (Å²) in [6, 6.07) is 17.0. The fraction of sp³-hybridized carbons (Fsp3) is 0.227. The van der Waals surface area contributed by atoms with E-state index in [0.29, 0.717) is 48.8 Å². The van der Waals surface area contributed by atoms with Crippen molar-refractivity contribution >= 4 is 11.7 Å². The lowest BCUT2D eigenvalue weighted by Gasteiger charge is -2.35. The van der Waals surface area contributed by atoms with Crippen molar-refractivity contribution in [2.24, 2.45) is 0 Å². The van der Waals surface area contributed by atoms with Crippen LogP contribution >= 0.6 is 0 Å². The molecule has 0 atom stereocenters. The standard InChI is InChI=1S/C22H21FN4O2/c1-16-7-8-17(15-19(16)23)22(29)26-13-11-25(12-14-26)20-9-10-21(28)27(24-20)18-5-3-2-4-6-18/h2-10,15H,11-14H2,1H3. The Morgan fingerprint density at radius 2 is 1.69 bits per heavy atom. The SMILES string of the molecule is Cc1ccc(C(=O)N2CCN(c3ccc(=O)n(-c4ccccc4)n3)CC2)cc1F. The fourth-order valence-corrected chi connectivity index (χ4v) is 3.37. The molecular formula is C22H21FN4O2. The van der Waals surface area contributed by atoms with Crippen LogP contribution in [0.1, 0.15) is 15.9 Å². The number of hydrogen-bond donors (Lipinski definition) is 0. The van der Waals surface area contributed by atoms with Crippen molar-refractivity contribution in [3.63, 3.8) is 0 Å². The Kier molecular flexibility index (Phi) is 5.12. The maximum Gasteiger partial charge on any atom is 0.271 e. The number of para-hydroxylation sites is 1. The second-order valence-corrected chi connectivity index (χ2v) is 7.02. The number of nitrogens with zero attached hydrogens (tertiary/aromatic N) is 4. The summed E-state index contributed by atoms with van der Waals surface area (Å²) < 4.78 is 15.2. The van der Waals surface area contributed by atoms with Crippen LogP contribution in [0.15, 0.2) is 65.5 Å². The second-order valence-electron chi connectivity index (χ2n) is 7.02. The highest BCUT2D eigenvalue weighted by Gasteiger charge is 2.23. The number of halogens is 1. The van der Waals surface area contributed by atoms with E-state index >= 15 is 0 Å². The highest BCUT2D eigenvalue weighted by atomic mass is 19.1. The molecule has 0 saturated carbocycles. The van der Waals surface area contributed by atoms with Crippen LogP contribution < -0.4 is 10.5 Å². The van der Waals surface area contributed by atoms with Crippen molar-refractivity contribution in [2.45, 2.75) is 6.92 Å². The van der Waals surface area contributed by atoms with E-state index in [-0.39, 0.29) is 17.3 Å². The molecule has 0 radical (unpaired) electrons. The molecule has 1 aromatic heterocycles. The maximum absolute atomic E-state index is 13.8. The molecule has 1 aliphatic heterocycles. The van der Waals surface area contributed by atoms with Gasteiger partial charge in [-0.3, -0.25) is 9.59 Å². The molecule has 1 amide bonds. The van der Waals surface area contributed by atoms with Gasteiger partial charge in [0.05, 0.1) is 5.69 Å². The predicted octanol–water partition coefficient (Wildman–Crippen LogP) is 2.64. The van der Waals surface area contributed by atoms with Gasteiger partial charge in [0.2, 0.25) is 0 Å². The van der Waals surface area contributed by atoms with Crippen molar-refractivity contribution in [3.8, 4) is 5.69 Å². The third kappa shape index (κ3) is 3.89. The van der Waals surface area contributed by atoms with Crippen LogP contribution in [-0.4, -0.2) is 46.8 Å². The molecule has 2 aromatic carbocycles. The largest absolute Gasteiger partial charge is 0.352 e. The molecule has 1 saturated heterocycles. The topological polar surface area (TPSA) is 58.4 Å². The molecule has 6 nitrogen and oxygen atoms in total. The van der Waals surface area contributed by atoms with Crippen LogP contribution in [0.2, 0.25) is 0 Å². The molecule has 4 rings (SSSR count). The first kappa shape index (κ1) is 18.9. The van der Waals surface area contributed by atoms with Crippen LogP contribution in [-0.2, 0) is 0 Å². The van der Waals surface area contributed by atoms with Gasteiger partial charge in [0.25, 0.3) is 11.5 Å². The number of amides is 1. The Bertz CT molecular complexity index is 1090.